The van der Waals surface area contributed by atoms with E-state index in [2.05, 4.69) is 108 Å². The van der Waals surface area contributed by atoms with Gasteiger partial charge in [0, 0.05) is 24.9 Å². The zero-order valence-corrected chi connectivity index (χ0v) is 36.4. The number of allylic oxidation sites excluding steroid dienone is 3. The van der Waals surface area contributed by atoms with Crippen molar-refractivity contribution in [1.29, 1.82) is 0 Å². The van der Waals surface area contributed by atoms with E-state index in [4.69, 9.17) is 15.4 Å². The van der Waals surface area contributed by atoms with Gasteiger partial charge < -0.3 is 18.9 Å². The van der Waals surface area contributed by atoms with Crippen LogP contribution >= 0.6 is 0 Å². The van der Waals surface area contributed by atoms with Gasteiger partial charge in [-0.25, -0.2) is 0 Å². The summed E-state index contributed by atoms with van der Waals surface area (Å²) in [5, 5.41) is 11.2. The van der Waals surface area contributed by atoms with Crippen molar-refractivity contribution in [3.8, 4) is 0 Å². The molecule has 49 heavy (non-hydrogen) atoms. The Kier molecular flexibility index (Phi) is 11.7. The van der Waals surface area contributed by atoms with Crippen molar-refractivity contribution < 1.29 is 18.8 Å². The molecule has 0 unspecified atom stereocenters. The number of hydrogen-bond donors (Lipinski definition) is 1. The zero-order chi connectivity index (χ0) is 37.1. The van der Waals surface area contributed by atoms with E-state index in [1.54, 1.807) is 12.5 Å². The summed E-state index contributed by atoms with van der Waals surface area (Å²) in [6, 6.07) is 0.222. The molecule has 4 aliphatic rings. The smallest absolute Gasteiger partial charge is 0.254 e. The predicted octanol–water partition coefficient (Wildman–Crippen LogP) is 11.0. The Hall–Kier alpha value is -0.996. The van der Waals surface area contributed by atoms with Gasteiger partial charge in [0.1, 0.15) is 5.60 Å². The van der Waals surface area contributed by atoms with Crippen LogP contribution in [0.2, 0.25) is 36.3 Å². The zero-order valence-electron chi connectivity index (χ0n) is 34.4. The minimum absolute atomic E-state index is 0.00366. The summed E-state index contributed by atoms with van der Waals surface area (Å²) < 4.78 is 14.2. The van der Waals surface area contributed by atoms with Crippen molar-refractivity contribution in [1.82, 2.24) is 4.90 Å². The lowest BCUT2D eigenvalue weighted by Crippen LogP contribution is -2.49. The molecule has 1 aliphatic heterocycles. The fourth-order valence-corrected chi connectivity index (χ4v) is 12.2. The normalized spacial score (nSPS) is 35.9. The van der Waals surface area contributed by atoms with Crippen LogP contribution in [0.1, 0.15) is 134 Å². The maximum Gasteiger partial charge on any atom is 0.254 e. The minimum atomic E-state index is -2.01. The van der Waals surface area contributed by atoms with E-state index in [0.29, 0.717) is 24.2 Å². The first-order chi connectivity index (χ1) is 22.2. The second-order valence-electron chi connectivity index (χ2n) is 20.5. The van der Waals surface area contributed by atoms with Crippen LogP contribution in [0, 0.1) is 23.2 Å². The van der Waals surface area contributed by atoms with E-state index >= 15 is 0 Å². The molecule has 7 heteroatoms. The van der Waals surface area contributed by atoms with Gasteiger partial charge in [0.25, 0.3) is 5.91 Å². The Balaban J connectivity index is 1.58. The molecule has 0 aromatic rings. The van der Waals surface area contributed by atoms with Crippen molar-refractivity contribution >= 4 is 22.5 Å². The van der Waals surface area contributed by atoms with Crippen molar-refractivity contribution in [3.05, 3.63) is 35.5 Å². The third kappa shape index (κ3) is 8.31. The van der Waals surface area contributed by atoms with E-state index in [1.807, 2.05) is 4.90 Å². The molecule has 0 aromatic carbocycles. The molecule has 0 spiro atoms. The van der Waals surface area contributed by atoms with E-state index in [1.165, 1.54) is 37.7 Å². The second-order valence-corrected chi connectivity index (χ2v) is 30.0. The summed E-state index contributed by atoms with van der Waals surface area (Å²) >= 11 is 0. The highest BCUT2D eigenvalue weighted by atomic mass is 28.4. The third-order valence-corrected chi connectivity index (χ3v) is 23.4. The number of rotatable bonds is 9. The monoisotopic (exact) mass is 714 g/mol. The molecular formula is C42H75NO4Si2. The molecule has 1 N–H and O–H groups in total. The molecule has 1 saturated heterocycles. The predicted molar refractivity (Wildman–Crippen MR) is 212 cm³/mol. The first kappa shape index (κ1) is 40.8. The fourth-order valence-electron chi connectivity index (χ4n) is 9.51. The van der Waals surface area contributed by atoms with Gasteiger partial charge in [0.05, 0.1) is 12.2 Å². The number of fused-ring (bicyclic) bond motifs is 1. The average Bonchev–Trinajstić information content (AvgIpc) is 3.40. The molecule has 3 saturated carbocycles. The number of hydrogen-bond acceptors (Lipinski definition) is 4. The molecule has 0 radical (unpaired) electrons. The van der Waals surface area contributed by atoms with Crippen LogP contribution in [0.3, 0.4) is 0 Å². The lowest BCUT2D eigenvalue weighted by Gasteiger charge is -2.46. The van der Waals surface area contributed by atoms with Gasteiger partial charge in [0.2, 0.25) is 0 Å². The van der Waals surface area contributed by atoms with Gasteiger partial charge in [-0.3, -0.25) is 4.79 Å². The highest BCUT2D eigenvalue weighted by Gasteiger charge is 2.53. The highest BCUT2D eigenvalue weighted by molar-refractivity contribution is 6.74. The van der Waals surface area contributed by atoms with Crippen LogP contribution in [0.25, 0.3) is 0 Å². The van der Waals surface area contributed by atoms with Gasteiger partial charge in [-0.15, -0.1) is 0 Å². The molecule has 280 valence electrons. The summed E-state index contributed by atoms with van der Waals surface area (Å²) in [6.07, 6.45) is 14.5. The Labute approximate surface area is 304 Å². The summed E-state index contributed by atoms with van der Waals surface area (Å²) in [6.45, 7) is 39.0. The number of carbonyl (C=O) groups is 1. The SMILES string of the molecule is C=C1/C(=C\C=C2/CCC[C@]3(C)[C@@H]([C@H](C)C[C@H]4C[C@](C)(O)C(=O)N4C(C)C)CC[C@@H]23)C[C@@H](O[Si](C)(C)C(C)(C)C)C[C@@H]1O[Si](C)(C)C(C)(C)C. The first-order valence-corrected chi connectivity index (χ1v) is 25.5. The number of likely N-dealkylation sites (tertiary alicyclic amines) is 1. The molecule has 4 fully saturated rings. The standard InChI is InChI=1S/C42H75NO4Si2/c1-28(2)43-33(27-42(12,45)38(43)44)24-29(3)35-21-22-36-31(18-17-23-41(35,36)11)19-20-32-25-34(46-48(13,14)39(5,6)7)26-37(30(32)4)47-49(15,16)40(8,9)10/h19-20,28-29,33-37,45H,4,17-18,21-27H2,1-3,5-16H3/b31-19+,32-20-/t29-,33+,34-,35-,36+,37+,41-,42+/m1/s1. The van der Waals surface area contributed by atoms with Gasteiger partial charge in [-0.2, -0.15) is 0 Å². The summed E-state index contributed by atoms with van der Waals surface area (Å²) in [7, 11) is -3.97. The fraction of sp³-hybridized carbons (Fsp3) is 0.833. The van der Waals surface area contributed by atoms with Gasteiger partial charge in [0.15, 0.2) is 16.6 Å². The van der Waals surface area contributed by atoms with Crippen LogP contribution in [-0.2, 0) is 13.6 Å². The average molecular weight is 714 g/mol. The van der Waals surface area contributed by atoms with E-state index in [-0.39, 0.29) is 45.7 Å². The number of nitrogens with zero attached hydrogens (tertiary/aromatic N) is 1. The molecule has 8 atom stereocenters. The topological polar surface area (TPSA) is 59.0 Å². The van der Waals surface area contributed by atoms with Crippen molar-refractivity contribution in [2.24, 2.45) is 23.2 Å². The maximum absolute atomic E-state index is 13.1. The second kappa shape index (κ2) is 14.1. The van der Waals surface area contributed by atoms with Crippen molar-refractivity contribution in [2.75, 3.05) is 0 Å². The van der Waals surface area contributed by atoms with Gasteiger partial charge in [-0.1, -0.05) is 79.7 Å². The van der Waals surface area contributed by atoms with Crippen molar-refractivity contribution in [3.63, 3.8) is 0 Å². The maximum atomic E-state index is 13.1. The number of carbonyl (C=O) groups excluding carboxylic acids is 1. The van der Waals surface area contributed by atoms with Crippen LogP contribution < -0.4 is 0 Å². The molecule has 0 aromatic heterocycles. The minimum Gasteiger partial charge on any atom is -0.413 e. The van der Waals surface area contributed by atoms with Crippen LogP contribution in [0.5, 0.6) is 0 Å². The highest BCUT2D eigenvalue weighted by Crippen LogP contribution is 2.60. The molecular weight excluding hydrogens is 639 g/mol. The third-order valence-electron chi connectivity index (χ3n) is 14.4. The van der Waals surface area contributed by atoms with Crippen LogP contribution in [0.4, 0.5) is 0 Å². The molecule has 5 nitrogen and oxygen atoms in total. The number of aliphatic hydroxyl groups is 1. The molecule has 1 heterocycles. The Bertz CT molecular complexity index is 1300. The molecule has 4 rings (SSSR count). The quantitative estimate of drug-likeness (QED) is 0.242. The summed E-state index contributed by atoms with van der Waals surface area (Å²) in [5.74, 6) is 1.62. The Morgan fingerprint density at radius 3 is 2.14 bits per heavy atom. The largest absolute Gasteiger partial charge is 0.413 e. The Morgan fingerprint density at radius 2 is 1.57 bits per heavy atom. The lowest BCUT2D eigenvalue weighted by atomic mass is 9.60. The summed E-state index contributed by atoms with van der Waals surface area (Å²) in [5.41, 5.74) is 3.11. The van der Waals surface area contributed by atoms with E-state index in [9.17, 15) is 9.90 Å². The van der Waals surface area contributed by atoms with Gasteiger partial charge in [-0.05, 0) is 136 Å². The number of amides is 1. The van der Waals surface area contributed by atoms with E-state index in [0.717, 1.165) is 24.8 Å². The lowest BCUT2D eigenvalue weighted by molar-refractivity contribution is -0.143. The first-order valence-electron chi connectivity index (χ1n) is 19.7. The Morgan fingerprint density at radius 1 is 0.980 bits per heavy atom. The van der Waals surface area contributed by atoms with E-state index < -0.39 is 22.2 Å². The van der Waals surface area contributed by atoms with Crippen molar-refractivity contribution in [2.45, 2.75) is 200 Å². The molecule has 0 bridgehead atoms. The van der Waals surface area contributed by atoms with Crippen LogP contribution in [0.15, 0.2) is 35.5 Å². The molecule has 1 amide bonds. The van der Waals surface area contributed by atoms with Gasteiger partial charge >= 0.3 is 0 Å². The summed E-state index contributed by atoms with van der Waals surface area (Å²) in [4.78, 5) is 15.0. The van der Waals surface area contributed by atoms with Crippen LogP contribution in [-0.4, -0.2) is 62.4 Å². The molecule has 3 aliphatic carbocycles.